The molecule has 0 N–H and O–H groups in total. The summed E-state index contributed by atoms with van der Waals surface area (Å²) in [7, 11) is 0. The van der Waals surface area contributed by atoms with Gasteiger partial charge in [-0.15, -0.1) is 0 Å². The van der Waals surface area contributed by atoms with Crippen molar-refractivity contribution in [2.24, 2.45) is 5.92 Å². The Morgan fingerprint density at radius 1 is 1.40 bits per heavy atom. The largest absolute Gasteiger partial charge is 0.179 e. The molecule has 0 aliphatic heterocycles. The van der Waals surface area contributed by atoms with E-state index < -0.39 is 0 Å². The molecule has 0 bridgehead atoms. The summed E-state index contributed by atoms with van der Waals surface area (Å²) in [6, 6.07) is 0. The van der Waals surface area contributed by atoms with E-state index in [9.17, 15) is 0 Å². The molecule has 62 valence electrons. The molecule has 0 saturated heterocycles. The SMILES string of the molecule is CCCSCC(CC)CS. The van der Waals surface area contributed by atoms with Gasteiger partial charge in [-0.2, -0.15) is 24.4 Å². The summed E-state index contributed by atoms with van der Waals surface area (Å²) in [5.74, 6) is 4.49. The lowest BCUT2D eigenvalue weighted by atomic mass is 10.2. The van der Waals surface area contributed by atoms with Gasteiger partial charge in [-0.3, -0.25) is 0 Å². The summed E-state index contributed by atoms with van der Waals surface area (Å²) in [6.07, 6.45) is 2.58. The average molecular weight is 178 g/mol. The Balaban J connectivity index is 3.09. The lowest BCUT2D eigenvalue weighted by Crippen LogP contribution is -2.03. The molecule has 0 saturated carbocycles. The van der Waals surface area contributed by atoms with E-state index in [2.05, 4.69) is 38.2 Å². The van der Waals surface area contributed by atoms with Crippen molar-refractivity contribution in [3.8, 4) is 0 Å². The molecule has 0 heterocycles. The summed E-state index contributed by atoms with van der Waals surface area (Å²) in [4.78, 5) is 0. The van der Waals surface area contributed by atoms with Gasteiger partial charge >= 0.3 is 0 Å². The minimum Gasteiger partial charge on any atom is -0.179 e. The zero-order valence-corrected chi connectivity index (χ0v) is 8.68. The van der Waals surface area contributed by atoms with Crippen LogP contribution in [0.25, 0.3) is 0 Å². The van der Waals surface area contributed by atoms with E-state index in [-0.39, 0.29) is 0 Å². The molecule has 0 rings (SSSR count). The summed E-state index contributed by atoms with van der Waals surface area (Å²) in [5.41, 5.74) is 0. The molecule has 0 aliphatic rings. The van der Waals surface area contributed by atoms with Gasteiger partial charge in [0, 0.05) is 0 Å². The van der Waals surface area contributed by atoms with Crippen LogP contribution in [0.15, 0.2) is 0 Å². The lowest BCUT2D eigenvalue weighted by Gasteiger charge is -2.09. The molecule has 0 aromatic carbocycles. The first-order valence-corrected chi connectivity index (χ1v) is 5.82. The van der Waals surface area contributed by atoms with Crippen molar-refractivity contribution in [1.82, 2.24) is 0 Å². The molecule has 1 atom stereocenters. The number of hydrogen-bond donors (Lipinski definition) is 1. The highest BCUT2D eigenvalue weighted by Gasteiger charge is 2.01. The molecule has 0 aromatic heterocycles. The van der Waals surface area contributed by atoms with Gasteiger partial charge in [-0.25, -0.2) is 0 Å². The van der Waals surface area contributed by atoms with E-state index in [0.29, 0.717) is 0 Å². The third-order valence-corrected chi connectivity index (χ3v) is 3.46. The quantitative estimate of drug-likeness (QED) is 0.482. The molecule has 0 spiro atoms. The van der Waals surface area contributed by atoms with Gasteiger partial charge in [-0.1, -0.05) is 20.3 Å². The first-order chi connectivity index (χ1) is 4.85. The van der Waals surface area contributed by atoms with Crippen LogP contribution in [-0.4, -0.2) is 17.3 Å². The fourth-order valence-electron chi connectivity index (χ4n) is 0.694. The van der Waals surface area contributed by atoms with Gasteiger partial charge < -0.3 is 0 Å². The first-order valence-electron chi connectivity index (χ1n) is 4.03. The van der Waals surface area contributed by atoms with Gasteiger partial charge in [0.25, 0.3) is 0 Å². The molecule has 0 amide bonds. The van der Waals surface area contributed by atoms with Crippen LogP contribution in [0.5, 0.6) is 0 Å². The molecule has 2 heteroatoms. The zero-order chi connectivity index (χ0) is 7.82. The van der Waals surface area contributed by atoms with Crippen molar-refractivity contribution in [2.45, 2.75) is 26.7 Å². The van der Waals surface area contributed by atoms with Gasteiger partial charge in [-0.05, 0) is 29.6 Å². The zero-order valence-electron chi connectivity index (χ0n) is 6.97. The Hall–Kier alpha value is 0.700. The van der Waals surface area contributed by atoms with Crippen LogP contribution in [0.4, 0.5) is 0 Å². The van der Waals surface area contributed by atoms with Crippen LogP contribution in [0.2, 0.25) is 0 Å². The van der Waals surface area contributed by atoms with E-state index in [1.165, 1.54) is 24.3 Å². The molecule has 0 aliphatic carbocycles. The maximum absolute atomic E-state index is 4.28. The second kappa shape index (κ2) is 7.80. The van der Waals surface area contributed by atoms with Crippen LogP contribution < -0.4 is 0 Å². The monoisotopic (exact) mass is 178 g/mol. The number of thiol groups is 1. The van der Waals surface area contributed by atoms with Crippen molar-refractivity contribution < 1.29 is 0 Å². The minimum absolute atomic E-state index is 0.833. The predicted octanol–water partition coefficient (Wildman–Crippen LogP) is 3.09. The van der Waals surface area contributed by atoms with Crippen LogP contribution >= 0.6 is 24.4 Å². The highest BCUT2D eigenvalue weighted by atomic mass is 32.2. The van der Waals surface area contributed by atoms with E-state index in [0.717, 1.165) is 11.7 Å². The molecule has 0 nitrogen and oxygen atoms in total. The van der Waals surface area contributed by atoms with Crippen molar-refractivity contribution >= 4 is 24.4 Å². The van der Waals surface area contributed by atoms with Gasteiger partial charge in [0.15, 0.2) is 0 Å². The predicted molar refractivity (Wildman–Crippen MR) is 55.3 cm³/mol. The number of thioether (sulfide) groups is 1. The van der Waals surface area contributed by atoms with E-state index in [1.807, 2.05) is 0 Å². The van der Waals surface area contributed by atoms with Gasteiger partial charge in [0.2, 0.25) is 0 Å². The summed E-state index contributed by atoms with van der Waals surface area (Å²) < 4.78 is 0. The standard InChI is InChI=1S/C8H18S2/c1-3-5-10-7-8(4-2)6-9/h8-9H,3-7H2,1-2H3. The number of rotatable bonds is 6. The molecule has 1 unspecified atom stereocenters. The highest BCUT2D eigenvalue weighted by Crippen LogP contribution is 2.13. The second-order valence-electron chi connectivity index (χ2n) is 2.53. The Kier molecular flexibility index (Phi) is 8.35. The molecule has 10 heavy (non-hydrogen) atoms. The highest BCUT2D eigenvalue weighted by molar-refractivity contribution is 7.99. The van der Waals surface area contributed by atoms with E-state index >= 15 is 0 Å². The van der Waals surface area contributed by atoms with Gasteiger partial charge in [0.1, 0.15) is 0 Å². The molecule has 0 radical (unpaired) electrons. The van der Waals surface area contributed by atoms with Crippen molar-refractivity contribution in [1.29, 1.82) is 0 Å². The van der Waals surface area contributed by atoms with E-state index in [4.69, 9.17) is 0 Å². The van der Waals surface area contributed by atoms with Crippen molar-refractivity contribution in [2.75, 3.05) is 17.3 Å². The van der Waals surface area contributed by atoms with Crippen LogP contribution in [0, 0.1) is 5.92 Å². The number of hydrogen-bond acceptors (Lipinski definition) is 2. The molecule has 0 fully saturated rings. The molecular formula is C8H18S2. The van der Waals surface area contributed by atoms with Crippen molar-refractivity contribution in [3.05, 3.63) is 0 Å². The third-order valence-electron chi connectivity index (χ3n) is 1.54. The van der Waals surface area contributed by atoms with E-state index in [1.54, 1.807) is 0 Å². The summed E-state index contributed by atoms with van der Waals surface area (Å²) in [5, 5.41) is 0. The second-order valence-corrected chi connectivity index (χ2v) is 4.05. The van der Waals surface area contributed by atoms with Crippen LogP contribution in [0.3, 0.4) is 0 Å². The Morgan fingerprint density at radius 2 is 2.10 bits per heavy atom. The maximum atomic E-state index is 4.28. The lowest BCUT2D eigenvalue weighted by molar-refractivity contribution is 0.649. The Morgan fingerprint density at radius 3 is 2.50 bits per heavy atom. The van der Waals surface area contributed by atoms with Crippen molar-refractivity contribution in [3.63, 3.8) is 0 Å². The fourth-order valence-corrected chi connectivity index (χ4v) is 2.40. The topological polar surface area (TPSA) is 0 Å². The third kappa shape index (κ3) is 5.48. The minimum atomic E-state index is 0.833. The average Bonchev–Trinajstić information content (AvgIpc) is 1.99. The van der Waals surface area contributed by atoms with Crippen LogP contribution in [0.1, 0.15) is 26.7 Å². The Labute approximate surface area is 74.6 Å². The Bertz CT molecular complexity index is 60.3. The summed E-state index contributed by atoms with van der Waals surface area (Å²) in [6.45, 7) is 4.47. The first kappa shape index (κ1) is 10.7. The van der Waals surface area contributed by atoms with Crippen LogP contribution in [-0.2, 0) is 0 Å². The molecule has 0 aromatic rings. The van der Waals surface area contributed by atoms with Gasteiger partial charge in [0.05, 0.1) is 0 Å². The summed E-state index contributed by atoms with van der Waals surface area (Å²) >= 11 is 6.35. The fraction of sp³-hybridized carbons (Fsp3) is 1.00. The smallest absolute Gasteiger partial charge is 0.00314 e. The maximum Gasteiger partial charge on any atom is -0.00314 e. The normalized spacial score (nSPS) is 13.5. The molecular weight excluding hydrogens is 160 g/mol.